The van der Waals surface area contributed by atoms with E-state index < -0.39 is 0 Å². The maximum atomic E-state index is 11.4. The van der Waals surface area contributed by atoms with Crippen LogP contribution in [-0.2, 0) is 11.2 Å². The Kier molecular flexibility index (Phi) is 3.36. The van der Waals surface area contributed by atoms with Crippen LogP contribution < -0.4 is 11.1 Å². The minimum Gasteiger partial charge on any atom is -0.326 e. The number of hydrogen-bond acceptors (Lipinski definition) is 2. The van der Waals surface area contributed by atoms with Crippen molar-refractivity contribution in [1.29, 1.82) is 0 Å². The number of amides is 1. The summed E-state index contributed by atoms with van der Waals surface area (Å²) >= 11 is 3.50. The molecule has 0 saturated carbocycles. The lowest BCUT2D eigenvalue weighted by Crippen LogP contribution is -2.12. The summed E-state index contributed by atoms with van der Waals surface area (Å²) in [5.74, 6) is 0.0454. The average Bonchev–Trinajstić information content (AvgIpc) is 2.75. The number of hydrogen-bond donors (Lipinski definition) is 2. The molecule has 3 N–H and O–H groups in total. The van der Waals surface area contributed by atoms with Crippen LogP contribution in [0.25, 0.3) is 0 Å². The minimum absolute atomic E-state index is 0.0454. The highest BCUT2D eigenvalue weighted by Crippen LogP contribution is 2.29. The maximum absolute atomic E-state index is 11.4. The summed E-state index contributed by atoms with van der Waals surface area (Å²) in [4.78, 5) is 11.4. The molecule has 1 heterocycles. The molecule has 0 fully saturated rings. The van der Waals surface area contributed by atoms with Gasteiger partial charge in [-0.05, 0) is 47.4 Å². The van der Waals surface area contributed by atoms with Gasteiger partial charge in [-0.15, -0.1) is 0 Å². The molecular formula is C16H15BrN2O. The van der Waals surface area contributed by atoms with Crippen molar-refractivity contribution in [2.24, 2.45) is 5.73 Å². The first-order chi connectivity index (χ1) is 9.52. The number of halogens is 1. The Hall–Kier alpha value is -1.65. The van der Waals surface area contributed by atoms with Crippen LogP contribution in [0.1, 0.15) is 28.3 Å². The first-order valence-electron chi connectivity index (χ1n) is 6.48. The largest absolute Gasteiger partial charge is 0.326 e. The summed E-state index contributed by atoms with van der Waals surface area (Å²) in [6, 6.07) is 11.9. The summed E-state index contributed by atoms with van der Waals surface area (Å²) in [5.41, 5.74) is 11.5. The van der Waals surface area contributed by atoms with Crippen molar-refractivity contribution in [3.8, 4) is 0 Å². The van der Waals surface area contributed by atoms with Gasteiger partial charge in [-0.25, -0.2) is 0 Å². The van der Waals surface area contributed by atoms with E-state index in [4.69, 9.17) is 5.73 Å². The van der Waals surface area contributed by atoms with Crippen molar-refractivity contribution >= 4 is 27.5 Å². The zero-order valence-electron chi connectivity index (χ0n) is 11.1. The number of anilines is 1. The summed E-state index contributed by atoms with van der Waals surface area (Å²) in [6.07, 6.45) is 0.438. The first-order valence-corrected chi connectivity index (χ1v) is 7.27. The molecule has 1 atom stereocenters. The standard InChI is InChI=1S/C16H15BrN2O/c1-9-4-12(7-13(17)5-9)16(18)10-2-3-14-11(6-10)8-15(20)19-14/h2-7,16H,8,18H2,1H3,(H,19,20). The molecule has 3 nitrogen and oxygen atoms in total. The molecule has 1 aliphatic rings. The van der Waals surface area contributed by atoms with Gasteiger partial charge in [-0.1, -0.05) is 34.1 Å². The third-order valence-electron chi connectivity index (χ3n) is 3.54. The highest BCUT2D eigenvalue weighted by molar-refractivity contribution is 9.10. The maximum Gasteiger partial charge on any atom is 0.228 e. The Balaban J connectivity index is 1.97. The molecule has 4 heteroatoms. The normalized spacial score (nSPS) is 14.8. The van der Waals surface area contributed by atoms with Crippen LogP contribution in [0.3, 0.4) is 0 Å². The van der Waals surface area contributed by atoms with Gasteiger partial charge in [-0.3, -0.25) is 4.79 Å². The number of carbonyl (C=O) groups excluding carboxylic acids is 1. The zero-order chi connectivity index (χ0) is 14.3. The van der Waals surface area contributed by atoms with Crippen molar-refractivity contribution in [1.82, 2.24) is 0 Å². The van der Waals surface area contributed by atoms with Gasteiger partial charge in [0, 0.05) is 10.2 Å². The zero-order valence-corrected chi connectivity index (χ0v) is 12.7. The lowest BCUT2D eigenvalue weighted by atomic mass is 9.96. The van der Waals surface area contributed by atoms with Gasteiger partial charge in [0.2, 0.25) is 5.91 Å². The molecule has 0 radical (unpaired) electrons. The van der Waals surface area contributed by atoms with Crippen molar-refractivity contribution in [3.63, 3.8) is 0 Å². The fraction of sp³-hybridized carbons (Fsp3) is 0.188. The SMILES string of the molecule is Cc1cc(Br)cc(C(N)c2ccc3c(c2)CC(=O)N3)c1. The predicted molar refractivity (Wildman–Crippen MR) is 83.7 cm³/mol. The molecule has 1 unspecified atom stereocenters. The van der Waals surface area contributed by atoms with Crippen LogP contribution in [0.15, 0.2) is 40.9 Å². The van der Waals surface area contributed by atoms with E-state index in [0.717, 1.165) is 26.9 Å². The summed E-state index contributed by atoms with van der Waals surface area (Å²) in [5, 5.41) is 2.83. The second kappa shape index (κ2) is 5.04. The number of rotatable bonds is 2. The smallest absolute Gasteiger partial charge is 0.228 e. The second-order valence-electron chi connectivity index (χ2n) is 5.18. The molecule has 102 valence electrons. The van der Waals surface area contributed by atoms with Crippen LogP contribution in [0.2, 0.25) is 0 Å². The van der Waals surface area contributed by atoms with Crippen molar-refractivity contribution in [3.05, 3.63) is 63.1 Å². The molecule has 3 rings (SSSR count). The summed E-state index contributed by atoms with van der Waals surface area (Å²) in [6.45, 7) is 2.05. The van der Waals surface area contributed by atoms with Gasteiger partial charge in [-0.2, -0.15) is 0 Å². The first kappa shape index (κ1) is 13.3. The van der Waals surface area contributed by atoms with Gasteiger partial charge in [0.25, 0.3) is 0 Å². The van der Waals surface area contributed by atoms with Crippen LogP contribution in [-0.4, -0.2) is 5.91 Å². The lowest BCUT2D eigenvalue weighted by Gasteiger charge is -2.15. The van der Waals surface area contributed by atoms with E-state index in [2.05, 4.69) is 33.4 Å². The Morgan fingerprint density at radius 1 is 1.20 bits per heavy atom. The number of aryl methyl sites for hydroxylation is 1. The quantitative estimate of drug-likeness (QED) is 0.887. The van der Waals surface area contributed by atoms with Gasteiger partial charge >= 0.3 is 0 Å². The molecule has 1 amide bonds. The van der Waals surface area contributed by atoms with Crippen molar-refractivity contribution in [2.75, 3.05) is 5.32 Å². The van der Waals surface area contributed by atoms with E-state index in [1.165, 1.54) is 5.56 Å². The fourth-order valence-electron chi connectivity index (χ4n) is 2.58. The fourth-order valence-corrected chi connectivity index (χ4v) is 3.20. The molecule has 0 spiro atoms. The molecule has 1 aliphatic heterocycles. The topological polar surface area (TPSA) is 55.1 Å². The van der Waals surface area contributed by atoms with Gasteiger partial charge in [0.1, 0.15) is 0 Å². The van der Waals surface area contributed by atoms with E-state index >= 15 is 0 Å². The molecule has 2 aromatic carbocycles. The van der Waals surface area contributed by atoms with Crippen molar-refractivity contribution < 1.29 is 4.79 Å². The Labute approximate surface area is 126 Å². The molecule has 20 heavy (non-hydrogen) atoms. The number of nitrogens with two attached hydrogens (primary N) is 1. The van der Waals surface area contributed by atoms with E-state index in [9.17, 15) is 4.79 Å². The molecule has 0 aromatic heterocycles. The van der Waals surface area contributed by atoms with E-state index in [1.807, 2.05) is 31.2 Å². The summed E-state index contributed by atoms with van der Waals surface area (Å²) < 4.78 is 1.03. The molecule has 0 aliphatic carbocycles. The van der Waals surface area contributed by atoms with Crippen LogP contribution in [0, 0.1) is 6.92 Å². The average molecular weight is 331 g/mol. The van der Waals surface area contributed by atoms with Crippen LogP contribution in [0.4, 0.5) is 5.69 Å². The lowest BCUT2D eigenvalue weighted by molar-refractivity contribution is -0.115. The third-order valence-corrected chi connectivity index (χ3v) is 3.99. The van der Waals surface area contributed by atoms with Crippen molar-refractivity contribution in [2.45, 2.75) is 19.4 Å². The number of nitrogens with one attached hydrogen (secondary N) is 1. The van der Waals surface area contributed by atoms with E-state index in [1.54, 1.807) is 0 Å². The third kappa shape index (κ3) is 2.49. The van der Waals surface area contributed by atoms with E-state index in [-0.39, 0.29) is 11.9 Å². The molecule has 0 saturated heterocycles. The number of carbonyl (C=O) groups is 1. The number of benzene rings is 2. The van der Waals surface area contributed by atoms with Crippen LogP contribution in [0.5, 0.6) is 0 Å². The number of fused-ring (bicyclic) bond motifs is 1. The Morgan fingerprint density at radius 3 is 2.75 bits per heavy atom. The monoisotopic (exact) mass is 330 g/mol. The highest BCUT2D eigenvalue weighted by atomic mass is 79.9. The predicted octanol–water partition coefficient (Wildman–Crippen LogP) is 3.30. The molecule has 0 bridgehead atoms. The minimum atomic E-state index is -0.188. The van der Waals surface area contributed by atoms with Gasteiger partial charge in [0.15, 0.2) is 0 Å². The van der Waals surface area contributed by atoms with Gasteiger partial charge in [0.05, 0.1) is 12.5 Å². The molecule has 2 aromatic rings. The second-order valence-corrected chi connectivity index (χ2v) is 6.10. The summed E-state index contributed by atoms with van der Waals surface area (Å²) in [7, 11) is 0. The van der Waals surface area contributed by atoms with Crippen LogP contribution >= 0.6 is 15.9 Å². The Morgan fingerprint density at radius 2 is 2.00 bits per heavy atom. The van der Waals surface area contributed by atoms with Gasteiger partial charge < -0.3 is 11.1 Å². The van der Waals surface area contributed by atoms with E-state index in [0.29, 0.717) is 6.42 Å². The Bertz CT molecular complexity index is 677. The molecular weight excluding hydrogens is 316 g/mol. The highest BCUT2D eigenvalue weighted by Gasteiger charge is 2.19.